The van der Waals surface area contributed by atoms with E-state index in [4.69, 9.17) is 24.8 Å². The van der Waals surface area contributed by atoms with E-state index < -0.39 is 12.2 Å². The van der Waals surface area contributed by atoms with E-state index in [-0.39, 0.29) is 16.9 Å². The zero-order valence-electron chi connectivity index (χ0n) is 10.8. The summed E-state index contributed by atoms with van der Waals surface area (Å²) in [5, 5.41) is 10.3. The third-order valence-electron chi connectivity index (χ3n) is 2.95. The van der Waals surface area contributed by atoms with Crippen LogP contribution in [0.4, 0.5) is 0 Å². The number of aryl methyl sites for hydroxylation is 1. The lowest BCUT2D eigenvalue weighted by molar-refractivity contribution is 0.0311. The molecule has 2 heterocycles. The predicted octanol–water partition coefficient (Wildman–Crippen LogP) is 1.10. The molecule has 1 unspecified atom stereocenters. The Labute approximate surface area is 133 Å². The summed E-state index contributed by atoms with van der Waals surface area (Å²) in [5.41, 5.74) is 0.176. The second-order valence-electron chi connectivity index (χ2n) is 4.18. The maximum absolute atomic E-state index is 11.5. The fourth-order valence-electron chi connectivity index (χ4n) is 1.99. The van der Waals surface area contributed by atoms with Crippen molar-refractivity contribution in [2.75, 3.05) is 13.7 Å². The molecule has 1 aliphatic heterocycles. The van der Waals surface area contributed by atoms with Crippen LogP contribution in [0.25, 0.3) is 0 Å². The number of ether oxygens (including phenoxy) is 2. The normalized spacial score (nSPS) is 22.0. The molecule has 2 atom stereocenters. The molecule has 0 saturated heterocycles. The van der Waals surface area contributed by atoms with E-state index in [1.54, 1.807) is 30.1 Å². The number of methoxy groups -OCH3 is 1. The van der Waals surface area contributed by atoms with Gasteiger partial charge in [-0.2, -0.15) is 0 Å². The summed E-state index contributed by atoms with van der Waals surface area (Å²) in [6.45, 7) is 0.166. The van der Waals surface area contributed by atoms with Crippen molar-refractivity contribution in [3.05, 3.63) is 38.4 Å². The minimum absolute atomic E-state index is 0.166. The quantitative estimate of drug-likeness (QED) is 0.569. The Hall–Kier alpha value is -0.910. The van der Waals surface area contributed by atoms with Crippen molar-refractivity contribution in [3.8, 4) is 0 Å². The molecule has 0 fully saturated rings. The molecule has 0 aliphatic carbocycles. The van der Waals surface area contributed by atoms with E-state index in [0.29, 0.717) is 17.1 Å². The molecule has 0 spiro atoms. The topological polar surface area (TPSA) is 85.7 Å². The molecule has 20 heavy (non-hydrogen) atoms. The average molecular weight is 412 g/mol. The lowest BCUT2D eigenvalue weighted by Crippen LogP contribution is -2.24. The Morgan fingerprint density at radius 3 is 2.95 bits per heavy atom. The molecule has 0 aromatic carbocycles. The smallest absolute Gasteiger partial charge is 0.326 e. The van der Waals surface area contributed by atoms with Gasteiger partial charge in [-0.25, -0.2) is 4.79 Å². The average Bonchev–Trinajstić information content (AvgIpc) is 2.71. The van der Waals surface area contributed by atoms with Crippen molar-refractivity contribution in [2.45, 2.75) is 12.2 Å². The van der Waals surface area contributed by atoms with Crippen molar-refractivity contribution in [1.82, 2.24) is 9.55 Å². The highest BCUT2D eigenvalue weighted by molar-refractivity contribution is 14.1. The first-order valence-corrected chi connectivity index (χ1v) is 6.93. The Bertz CT molecular complexity index is 653. The molecule has 2 rings (SSSR count). The van der Waals surface area contributed by atoms with E-state index in [1.807, 2.05) is 0 Å². The van der Waals surface area contributed by atoms with Gasteiger partial charge in [0.15, 0.2) is 23.7 Å². The molecule has 0 saturated carbocycles. The molecule has 2 N–H and O–H groups in total. The number of aromatic nitrogens is 2. The highest BCUT2D eigenvalue weighted by atomic mass is 127. The van der Waals surface area contributed by atoms with Gasteiger partial charge < -0.3 is 22.2 Å². The summed E-state index contributed by atoms with van der Waals surface area (Å²) >= 11 is 6.84. The number of nitrogens with one attached hydrogen (secondary N) is 1. The number of nitrogens with zero attached hydrogens (tertiary/aromatic N) is 1. The molecule has 110 valence electrons. The van der Waals surface area contributed by atoms with Crippen LogP contribution in [-0.2, 0) is 19.6 Å². The largest absolute Gasteiger partial charge is 0.495 e. The number of H-pyrrole nitrogens is 1. The van der Waals surface area contributed by atoms with Crippen molar-refractivity contribution < 1.29 is 17.6 Å². The maximum Gasteiger partial charge on any atom is 0.326 e. The molecular formula is C11H13IN2O5S. The van der Waals surface area contributed by atoms with Gasteiger partial charge in [-0.3, -0.25) is 4.98 Å². The molecule has 1 aliphatic rings. The Kier molecular flexibility index (Phi) is 4.83. The molecule has 1 aromatic heterocycles. The molecule has 1 aromatic rings. The van der Waals surface area contributed by atoms with Crippen LogP contribution >= 0.6 is 35.2 Å². The molecule has 0 radical (unpaired) electrons. The van der Waals surface area contributed by atoms with Crippen LogP contribution in [0.3, 0.4) is 0 Å². The minimum Gasteiger partial charge on any atom is -0.495 e. The molecule has 0 bridgehead atoms. The third kappa shape index (κ3) is 2.75. The molecule has 7 nitrogen and oxygen atoms in total. The number of halogens is 1. The predicted molar refractivity (Wildman–Crippen MR) is 80.7 cm³/mol. The van der Waals surface area contributed by atoms with Crippen LogP contribution in [0.15, 0.2) is 22.5 Å². The lowest BCUT2D eigenvalue weighted by atomic mass is 10.1. The standard InChI is InChI=1S/C11H13IN2O5S/c1-14-3-5(10(20)13-11(14)16)8-7(15)9(17-2)6(19-8)4-18-12/h3,7-8,15H,4H2,1-2H3,(H,13,16,20)/t7?,8-/m0/s1. The molecule has 9 heteroatoms. The second kappa shape index (κ2) is 6.24. The Morgan fingerprint density at radius 2 is 2.35 bits per heavy atom. The van der Waals surface area contributed by atoms with Gasteiger partial charge >= 0.3 is 5.69 Å². The van der Waals surface area contributed by atoms with Crippen molar-refractivity contribution in [1.29, 1.82) is 0 Å². The van der Waals surface area contributed by atoms with Gasteiger partial charge in [0.1, 0.15) is 34.3 Å². The number of aromatic amines is 1. The van der Waals surface area contributed by atoms with Gasteiger partial charge in [-0.05, 0) is 0 Å². The zero-order chi connectivity index (χ0) is 14.9. The summed E-state index contributed by atoms with van der Waals surface area (Å²) in [6.07, 6.45) is -0.202. The van der Waals surface area contributed by atoms with Crippen molar-refractivity contribution in [2.24, 2.45) is 7.05 Å². The van der Waals surface area contributed by atoms with E-state index >= 15 is 0 Å². The highest BCUT2D eigenvalue weighted by Gasteiger charge is 2.38. The van der Waals surface area contributed by atoms with E-state index in [0.717, 1.165) is 0 Å². The third-order valence-corrected chi connectivity index (χ3v) is 3.60. The van der Waals surface area contributed by atoms with Crippen LogP contribution < -0.4 is 5.69 Å². The first kappa shape index (κ1) is 15.5. The SMILES string of the molecule is COC1=C(COI)O[C@@H](c2cn(C)c(=O)[nH]c2=S)C1O. The number of aliphatic hydroxyl groups excluding tert-OH is 1. The highest BCUT2D eigenvalue weighted by Crippen LogP contribution is 2.36. The number of hydrogen-bond acceptors (Lipinski definition) is 6. The van der Waals surface area contributed by atoms with Gasteiger partial charge in [-0.15, -0.1) is 0 Å². The lowest BCUT2D eigenvalue weighted by Gasteiger charge is -2.16. The number of rotatable bonds is 4. The van der Waals surface area contributed by atoms with Crippen LogP contribution in [0, 0.1) is 4.64 Å². The van der Waals surface area contributed by atoms with Gasteiger partial charge in [0, 0.05) is 18.8 Å². The molecular weight excluding hydrogens is 399 g/mol. The van der Waals surface area contributed by atoms with Crippen molar-refractivity contribution >= 4 is 35.2 Å². The monoisotopic (exact) mass is 412 g/mol. The first-order valence-electron chi connectivity index (χ1n) is 5.64. The number of aliphatic hydroxyl groups is 1. The fraction of sp³-hybridized carbons (Fsp3) is 0.455. The summed E-state index contributed by atoms with van der Waals surface area (Å²) < 4.78 is 17.3. The summed E-state index contributed by atoms with van der Waals surface area (Å²) in [7, 11) is 3.02. The molecule has 0 amide bonds. The van der Waals surface area contributed by atoms with Crippen LogP contribution in [0.5, 0.6) is 0 Å². The van der Waals surface area contributed by atoms with Crippen LogP contribution in [0.1, 0.15) is 11.7 Å². The Balaban J connectivity index is 2.40. The summed E-state index contributed by atoms with van der Waals surface area (Å²) in [6, 6.07) is 0. The van der Waals surface area contributed by atoms with Gasteiger partial charge in [-0.1, -0.05) is 12.2 Å². The van der Waals surface area contributed by atoms with E-state index in [1.165, 1.54) is 17.9 Å². The summed E-state index contributed by atoms with van der Waals surface area (Å²) in [4.78, 5) is 14.0. The first-order chi connectivity index (χ1) is 9.49. The fourth-order valence-corrected chi connectivity index (χ4v) is 2.53. The van der Waals surface area contributed by atoms with Crippen molar-refractivity contribution in [3.63, 3.8) is 0 Å². The van der Waals surface area contributed by atoms with E-state index in [9.17, 15) is 9.90 Å². The Morgan fingerprint density at radius 1 is 1.65 bits per heavy atom. The maximum atomic E-state index is 11.5. The summed E-state index contributed by atoms with van der Waals surface area (Å²) in [5.74, 6) is 0.706. The second-order valence-corrected chi connectivity index (χ2v) is 5.21. The number of hydrogen-bond donors (Lipinski definition) is 2. The van der Waals surface area contributed by atoms with Crippen LogP contribution in [-0.4, -0.2) is 34.5 Å². The van der Waals surface area contributed by atoms with Gasteiger partial charge in [0.25, 0.3) is 0 Å². The minimum atomic E-state index is -1.01. The van der Waals surface area contributed by atoms with E-state index in [2.05, 4.69) is 4.98 Å². The zero-order valence-corrected chi connectivity index (χ0v) is 13.7. The van der Waals surface area contributed by atoms with Gasteiger partial charge in [0.2, 0.25) is 0 Å². The van der Waals surface area contributed by atoms with Gasteiger partial charge in [0.05, 0.1) is 7.11 Å². The van der Waals surface area contributed by atoms with Crippen LogP contribution in [0.2, 0.25) is 0 Å².